The van der Waals surface area contributed by atoms with Crippen molar-refractivity contribution in [2.24, 2.45) is 0 Å². The van der Waals surface area contributed by atoms with Gasteiger partial charge in [0.2, 0.25) is 0 Å². The molecular weight excluding hydrogens is 199 g/mol. The fraction of sp³-hybridized carbons (Fsp3) is 0.125. The summed E-state index contributed by atoms with van der Waals surface area (Å²) in [6.45, 7) is -1.80. The quantitative estimate of drug-likeness (QED) is 0.654. The Bertz CT molecular complexity index is 366. The molecule has 1 aromatic carbocycles. The van der Waals surface area contributed by atoms with E-state index in [0.717, 1.165) is 0 Å². The fourth-order valence-electron chi connectivity index (χ4n) is 1.04. The molecule has 0 radical (unpaired) electrons. The first kappa shape index (κ1) is 8.31. The Labute approximate surface area is 78.0 Å². The molecule has 68 valence electrons. The van der Waals surface area contributed by atoms with Gasteiger partial charge >= 0.3 is 6.54 Å². The fourth-order valence-corrected chi connectivity index (χ4v) is 1.16. The highest BCUT2D eigenvalue weighted by Gasteiger charge is 2.23. The summed E-state index contributed by atoms with van der Waals surface area (Å²) >= 11 is 5.21. The van der Waals surface area contributed by atoms with Crippen molar-refractivity contribution in [3.63, 3.8) is 0 Å². The number of hydrogen-bond acceptors (Lipinski definition) is 3. The van der Waals surface area contributed by atoms with Gasteiger partial charge in [-0.2, -0.15) is 4.39 Å². The zero-order chi connectivity index (χ0) is 9.42. The van der Waals surface area contributed by atoms with Gasteiger partial charge in [-0.3, -0.25) is 4.79 Å². The number of carbonyl (C=O) groups is 1. The number of ether oxygens (including phenoxy) is 2. The maximum absolute atomic E-state index is 12.5. The monoisotopic (exact) mass is 202 g/mol. The van der Waals surface area contributed by atoms with Crippen LogP contribution >= 0.6 is 11.6 Å². The van der Waals surface area contributed by atoms with E-state index in [9.17, 15) is 9.18 Å². The summed E-state index contributed by atoms with van der Waals surface area (Å²) in [5.74, 6) is 0.466. The molecule has 0 aliphatic carbocycles. The molecule has 0 bridgehead atoms. The third kappa shape index (κ3) is 1.45. The van der Waals surface area contributed by atoms with Crippen molar-refractivity contribution < 1.29 is 18.7 Å². The lowest BCUT2D eigenvalue weighted by molar-refractivity contribution is -0.0652. The first-order valence-corrected chi connectivity index (χ1v) is 3.86. The van der Waals surface area contributed by atoms with Gasteiger partial charge in [-0.1, -0.05) is 0 Å². The molecule has 13 heavy (non-hydrogen) atoms. The second-order valence-electron chi connectivity index (χ2n) is 2.45. The van der Waals surface area contributed by atoms with Crippen LogP contribution in [0.2, 0.25) is 0 Å². The average Bonchev–Trinajstić information content (AvgIpc) is 2.42. The van der Waals surface area contributed by atoms with Crippen molar-refractivity contribution in [3.8, 4) is 11.5 Å². The minimum Gasteiger partial charge on any atom is -0.425 e. The molecule has 1 aliphatic heterocycles. The molecule has 1 aromatic rings. The maximum atomic E-state index is 12.5. The van der Waals surface area contributed by atoms with E-state index < -0.39 is 11.8 Å². The normalized spacial score (nSPS) is 18.8. The van der Waals surface area contributed by atoms with E-state index in [1.54, 1.807) is 0 Å². The summed E-state index contributed by atoms with van der Waals surface area (Å²) in [5.41, 5.74) is 0.248. The van der Waals surface area contributed by atoms with Gasteiger partial charge in [0, 0.05) is 5.56 Å². The van der Waals surface area contributed by atoms with E-state index in [4.69, 9.17) is 11.6 Å². The third-order valence-electron chi connectivity index (χ3n) is 1.61. The zero-order valence-electron chi connectivity index (χ0n) is 6.29. The number of halogens is 2. The lowest BCUT2D eigenvalue weighted by Crippen LogP contribution is -2.09. The summed E-state index contributed by atoms with van der Waals surface area (Å²) < 4.78 is 21.7. The smallest absolute Gasteiger partial charge is 0.397 e. The van der Waals surface area contributed by atoms with Crippen molar-refractivity contribution in [3.05, 3.63) is 23.8 Å². The van der Waals surface area contributed by atoms with E-state index >= 15 is 0 Å². The highest BCUT2D eigenvalue weighted by molar-refractivity contribution is 6.67. The van der Waals surface area contributed by atoms with Crippen LogP contribution in [0.5, 0.6) is 11.5 Å². The maximum Gasteiger partial charge on any atom is 0.397 e. The Morgan fingerprint density at radius 2 is 2.08 bits per heavy atom. The number of rotatable bonds is 1. The molecule has 0 N–H and O–H groups in total. The second-order valence-corrected chi connectivity index (χ2v) is 2.79. The van der Waals surface area contributed by atoms with Crippen molar-refractivity contribution in [1.29, 1.82) is 0 Å². The van der Waals surface area contributed by atoms with Crippen LogP contribution in [-0.4, -0.2) is 11.8 Å². The number of benzene rings is 1. The van der Waals surface area contributed by atoms with Crippen LogP contribution in [0.4, 0.5) is 4.39 Å². The van der Waals surface area contributed by atoms with Gasteiger partial charge in [0.25, 0.3) is 5.24 Å². The second kappa shape index (κ2) is 2.88. The van der Waals surface area contributed by atoms with Gasteiger partial charge in [-0.05, 0) is 29.8 Å². The Balaban J connectivity index is 2.40. The van der Waals surface area contributed by atoms with Crippen LogP contribution in [0.15, 0.2) is 18.2 Å². The lowest BCUT2D eigenvalue weighted by Gasteiger charge is -1.96. The summed E-state index contributed by atoms with van der Waals surface area (Å²) in [6, 6.07) is 4.21. The third-order valence-corrected chi connectivity index (χ3v) is 1.83. The number of fused-ring (bicyclic) bond motifs is 1. The van der Waals surface area contributed by atoms with Crippen LogP contribution < -0.4 is 9.47 Å². The molecule has 0 saturated heterocycles. The molecule has 0 fully saturated rings. The Morgan fingerprint density at radius 3 is 2.77 bits per heavy atom. The van der Waals surface area contributed by atoms with E-state index in [1.165, 1.54) is 18.2 Å². The SMILES string of the molecule is O=C(Cl)c1ccc2c(c1)OC(F)O2. The van der Waals surface area contributed by atoms with Gasteiger partial charge in [0.05, 0.1) is 0 Å². The topological polar surface area (TPSA) is 35.5 Å². The molecule has 1 heterocycles. The molecule has 0 aromatic heterocycles. The minimum atomic E-state index is -1.80. The van der Waals surface area contributed by atoms with Gasteiger partial charge < -0.3 is 9.47 Å². The molecule has 0 amide bonds. The van der Waals surface area contributed by atoms with Gasteiger partial charge in [0.15, 0.2) is 11.5 Å². The first-order valence-electron chi connectivity index (χ1n) is 3.48. The van der Waals surface area contributed by atoms with Crippen molar-refractivity contribution in [1.82, 2.24) is 0 Å². The van der Waals surface area contributed by atoms with E-state index in [-0.39, 0.29) is 17.1 Å². The molecular formula is C8H4ClFO3. The van der Waals surface area contributed by atoms with Gasteiger partial charge in [0.1, 0.15) is 0 Å². The molecule has 1 unspecified atom stereocenters. The number of alkyl halides is 1. The first-order chi connectivity index (χ1) is 6.16. The predicted octanol–water partition coefficient (Wildman–Crippen LogP) is 2.09. The van der Waals surface area contributed by atoms with Gasteiger partial charge in [-0.25, -0.2) is 0 Å². The highest BCUT2D eigenvalue weighted by atomic mass is 35.5. The zero-order valence-corrected chi connectivity index (χ0v) is 7.05. The minimum absolute atomic E-state index is 0.194. The van der Waals surface area contributed by atoms with Crippen LogP contribution in [0.1, 0.15) is 10.4 Å². The summed E-state index contributed by atoms with van der Waals surface area (Å²) in [4.78, 5) is 10.7. The van der Waals surface area contributed by atoms with E-state index in [1.807, 2.05) is 0 Å². The van der Waals surface area contributed by atoms with Crippen LogP contribution in [0.3, 0.4) is 0 Å². The summed E-state index contributed by atoms with van der Waals surface area (Å²) in [7, 11) is 0. The number of carbonyl (C=O) groups excluding carboxylic acids is 1. The standard InChI is InChI=1S/C8H4ClFO3/c9-7(11)4-1-2-5-6(3-4)13-8(10)12-5/h1-3,8H. The Morgan fingerprint density at radius 1 is 1.38 bits per heavy atom. The lowest BCUT2D eigenvalue weighted by atomic mass is 10.2. The predicted molar refractivity (Wildman–Crippen MR) is 42.8 cm³/mol. The summed E-state index contributed by atoms with van der Waals surface area (Å²) in [6.07, 6.45) is 0. The van der Waals surface area contributed by atoms with Gasteiger partial charge in [-0.15, -0.1) is 0 Å². The molecule has 3 nitrogen and oxygen atoms in total. The molecule has 1 atom stereocenters. The summed E-state index contributed by atoms with van der Waals surface area (Å²) in [5, 5.41) is -0.617. The molecule has 2 rings (SSSR count). The van der Waals surface area contributed by atoms with Crippen LogP contribution in [0, 0.1) is 0 Å². The van der Waals surface area contributed by atoms with E-state index in [0.29, 0.717) is 0 Å². The van der Waals surface area contributed by atoms with Crippen LogP contribution in [0.25, 0.3) is 0 Å². The molecule has 0 spiro atoms. The largest absolute Gasteiger partial charge is 0.425 e. The van der Waals surface area contributed by atoms with Crippen molar-refractivity contribution in [2.45, 2.75) is 6.54 Å². The number of hydrogen-bond donors (Lipinski definition) is 0. The van der Waals surface area contributed by atoms with Crippen molar-refractivity contribution in [2.75, 3.05) is 0 Å². The molecule has 5 heteroatoms. The van der Waals surface area contributed by atoms with Crippen molar-refractivity contribution >= 4 is 16.8 Å². The Kier molecular flexibility index (Phi) is 1.84. The van der Waals surface area contributed by atoms with Crippen LogP contribution in [-0.2, 0) is 0 Å². The average molecular weight is 203 g/mol. The Hall–Kier alpha value is -1.29. The highest BCUT2D eigenvalue weighted by Crippen LogP contribution is 2.35. The van der Waals surface area contributed by atoms with E-state index in [2.05, 4.69) is 9.47 Å². The molecule has 0 saturated carbocycles. The molecule has 1 aliphatic rings.